The van der Waals surface area contributed by atoms with Crippen LogP contribution in [0.2, 0.25) is 10.0 Å². The van der Waals surface area contributed by atoms with Gasteiger partial charge in [0.25, 0.3) is 11.5 Å². The minimum Gasteiger partial charge on any atom is -0.372 e. The van der Waals surface area contributed by atoms with Gasteiger partial charge in [0.2, 0.25) is 0 Å². The molecule has 1 N–H and O–H groups in total. The third-order valence-electron chi connectivity index (χ3n) is 5.04. The second kappa shape index (κ2) is 5.64. The van der Waals surface area contributed by atoms with E-state index >= 15 is 0 Å². The highest BCUT2D eigenvalue weighted by molar-refractivity contribution is 6.32. The number of pyridine rings is 1. The average Bonchev–Trinajstić information content (AvgIpc) is 2.94. The monoisotopic (exact) mass is 386 g/mol. The van der Waals surface area contributed by atoms with E-state index in [1.54, 1.807) is 19.2 Å². The molecule has 0 saturated heterocycles. The van der Waals surface area contributed by atoms with Gasteiger partial charge < -0.3 is 5.32 Å². The quantitative estimate of drug-likeness (QED) is 0.872. The maximum absolute atomic E-state index is 13.5. The van der Waals surface area contributed by atoms with Gasteiger partial charge in [0.1, 0.15) is 16.7 Å². The molecule has 2 aromatic rings. The Hall–Kier alpha value is -1.73. The first-order chi connectivity index (χ1) is 11.8. The van der Waals surface area contributed by atoms with Crippen molar-refractivity contribution in [1.82, 2.24) is 14.5 Å². The number of aromatic nitrogens is 3. The molecule has 0 bridgehead atoms. The number of fused-ring (bicyclic) bond motifs is 1. The van der Waals surface area contributed by atoms with Gasteiger partial charge in [-0.25, -0.2) is 23.3 Å². The summed E-state index contributed by atoms with van der Waals surface area (Å²) in [6.07, 6.45) is 2.00. The van der Waals surface area contributed by atoms with Crippen LogP contribution in [-0.4, -0.2) is 27.5 Å². The van der Waals surface area contributed by atoms with Crippen LogP contribution in [0.5, 0.6) is 0 Å². The zero-order valence-electron chi connectivity index (χ0n) is 13.1. The van der Waals surface area contributed by atoms with Crippen molar-refractivity contribution < 1.29 is 8.78 Å². The minimum absolute atomic E-state index is 0.0727. The van der Waals surface area contributed by atoms with Crippen LogP contribution >= 0.6 is 23.2 Å². The van der Waals surface area contributed by atoms with Crippen LogP contribution in [0.3, 0.4) is 0 Å². The highest BCUT2D eigenvalue weighted by atomic mass is 35.5. The molecule has 0 aromatic carbocycles. The van der Waals surface area contributed by atoms with E-state index in [1.165, 1.54) is 10.8 Å². The smallest absolute Gasteiger partial charge is 0.280 e. The van der Waals surface area contributed by atoms with Crippen molar-refractivity contribution >= 4 is 29.0 Å². The predicted molar refractivity (Wildman–Crippen MR) is 91.1 cm³/mol. The number of nitrogens with one attached hydrogen (secondary N) is 1. The van der Waals surface area contributed by atoms with Gasteiger partial charge in [-0.05, 0) is 25.0 Å². The van der Waals surface area contributed by atoms with Crippen molar-refractivity contribution in [3.8, 4) is 5.82 Å². The molecule has 2 unspecified atom stereocenters. The Labute approximate surface area is 152 Å². The third kappa shape index (κ3) is 2.52. The molecule has 2 fully saturated rings. The number of nitrogens with zero attached hydrogens (tertiary/aromatic N) is 3. The topological polar surface area (TPSA) is 59.8 Å². The summed E-state index contributed by atoms with van der Waals surface area (Å²) in [7, 11) is 1.60. The van der Waals surface area contributed by atoms with Crippen LogP contribution in [-0.2, 0) is 0 Å². The van der Waals surface area contributed by atoms with E-state index < -0.39 is 23.3 Å². The van der Waals surface area contributed by atoms with Crippen LogP contribution in [0.1, 0.15) is 24.6 Å². The molecule has 5 nitrogen and oxygen atoms in total. The van der Waals surface area contributed by atoms with E-state index in [1.807, 2.05) is 0 Å². The van der Waals surface area contributed by atoms with Crippen molar-refractivity contribution in [2.24, 2.45) is 11.8 Å². The van der Waals surface area contributed by atoms with Crippen molar-refractivity contribution in [3.05, 3.63) is 44.6 Å². The van der Waals surface area contributed by atoms with Crippen LogP contribution in [0, 0.1) is 11.8 Å². The average molecular weight is 387 g/mol. The maximum Gasteiger partial charge on any atom is 0.280 e. The Morgan fingerprint density at radius 3 is 2.52 bits per heavy atom. The summed E-state index contributed by atoms with van der Waals surface area (Å²) in [6, 6.07) is 3.18. The van der Waals surface area contributed by atoms with E-state index in [0.29, 0.717) is 29.5 Å². The van der Waals surface area contributed by atoms with Crippen LogP contribution < -0.4 is 10.9 Å². The van der Waals surface area contributed by atoms with Crippen molar-refractivity contribution in [2.45, 2.75) is 24.7 Å². The Bertz CT molecular complexity index is 886. The van der Waals surface area contributed by atoms with E-state index in [2.05, 4.69) is 15.3 Å². The number of hydrogen-bond donors (Lipinski definition) is 1. The summed E-state index contributed by atoms with van der Waals surface area (Å²) in [5, 5.41) is 3.13. The van der Waals surface area contributed by atoms with E-state index in [-0.39, 0.29) is 16.8 Å². The molecule has 0 spiro atoms. The molecule has 2 saturated carbocycles. The molecule has 2 aliphatic carbocycles. The van der Waals surface area contributed by atoms with Gasteiger partial charge in [0.05, 0.1) is 5.02 Å². The summed E-state index contributed by atoms with van der Waals surface area (Å²) < 4.78 is 28.4. The molecule has 132 valence electrons. The Morgan fingerprint density at radius 2 is 1.96 bits per heavy atom. The van der Waals surface area contributed by atoms with Gasteiger partial charge in [0, 0.05) is 31.0 Å². The lowest BCUT2D eigenvalue weighted by atomic mass is 10.0. The summed E-state index contributed by atoms with van der Waals surface area (Å²) in [5.74, 6) is -3.14. The molecule has 4 rings (SSSR count). The molecule has 25 heavy (non-hydrogen) atoms. The zero-order valence-corrected chi connectivity index (χ0v) is 14.7. The maximum atomic E-state index is 13.5. The lowest BCUT2D eigenvalue weighted by Gasteiger charge is -2.20. The molecule has 0 radical (unpaired) electrons. The summed E-state index contributed by atoms with van der Waals surface area (Å²) >= 11 is 12.0. The molecule has 2 atom stereocenters. The van der Waals surface area contributed by atoms with Crippen molar-refractivity contribution in [3.63, 3.8) is 0 Å². The van der Waals surface area contributed by atoms with E-state index in [9.17, 15) is 13.6 Å². The van der Waals surface area contributed by atoms with Gasteiger partial charge in [0.15, 0.2) is 5.82 Å². The first-order valence-corrected chi connectivity index (χ1v) is 8.60. The van der Waals surface area contributed by atoms with E-state index in [4.69, 9.17) is 23.2 Å². The largest absolute Gasteiger partial charge is 0.372 e. The first kappa shape index (κ1) is 16.7. The Balaban J connectivity index is 1.83. The van der Waals surface area contributed by atoms with E-state index in [0.717, 1.165) is 0 Å². The minimum atomic E-state index is -2.58. The third-order valence-corrected chi connectivity index (χ3v) is 5.60. The molecule has 2 aromatic heterocycles. The van der Waals surface area contributed by atoms with Crippen LogP contribution in [0.4, 0.5) is 14.6 Å². The first-order valence-electron chi connectivity index (χ1n) is 7.84. The molecule has 0 aliphatic heterocycles. The lowest BCUT2D eigenvalue weighted by Crippen LogP contribution is -2.28. The highest BCUT2D eigenvalue weighted by Crippen LogP contribution is 2.67. The van der Waals surface area contributed by atoms with Gasteiger partial charge in [-0.1, -0.05) is 23.2 Å². The van der Waals surface area contributed by atoms with Gasteiger partial charge in [-0.2, -0.15) is 0 Å². The summed E-state index contributed by atoms with van der Waals surface area (Å²) in [5.41, 5.74) is -0.488. The van der Waals surface area contributed by atoms with Crippen molar-refractivity contribution in [2.75, 3.05) is 12.4 Å². The number of halogens is 4. The van der Waals surface area contributed by atoms with Gasteiger partial charge in [-0.3, -0.25) is 4.79 Å². The van der Waals surface area contributed by atoms with Crippen LogP contribution in [0.25, 0.3) is 5.82 Å². The molecule has 2 aliphatic rings. The Kier molecular flexibility index (Phi) is 3.77. The standard InChI is InChI=1S/C16H14Cl2F2N4O/c1-21-13-12(18)15(25)24(11-3-2-8(17)6-22-11)14(23-13)7-4-9-10(5-7)16(9,19)20/h2-3,6-7,9-10,21H,4-5H2,1H3. The summed E-state index contributed by atoms with van der Waals surface area (Å²) in [4.78, 5) is 21.4. The highest BCUT2D eigenvalue weighted by Gasteiger charge is 2.71. The second-order valence-electron chi connectivity index (χ2n) is 6.41. The summed E-state index contributed by atoms with van der Waals surface area (Å²) in [6.45, 7) is 0. The predicted octanol–water partition coefficient (Wildman–Crippen LogP) is 3.73. The molecule has 9 heteroatoms. The van der Waals surface area contributed by atoms with Crippen molar-refractivity contribution in [1.29, 1.82) is 0 Å². The SMILES string of the molecule is CNc1nc(C2CC3C(C2)C3(F)F)n(-c2ccc(Cl)cn2)c(=O)c1Cl. The molecule has 2 heterocycles. The molecular weight excluding hydrogens is 373 g/mol. The Morgan fingerprint density at radius 1 is 1.28 bits per heavy atom. The number of hydrogen-bond acceptors (Lipinski definition) is 4. The number of alkyl halides is 2. The normalized spacial score (nSPS) is 26.4. The molecular formula is C16H14Cl2F2N4O. The fraction of sp³-hybridized carbons (Fsp3) is 0.438. The number of anilines is 1. The van der Waals surface area contributed by atoms with Gasteiger partial charge in [-0.15, -0.1) is 0 Å². The molecule has 0 amide bonds. The number of rotatable bonds is 3. The fourth-order valence-electron chi connectivity index (χ4n) is 3.70. The second-order valence-corrected chi connectivity index (χ2v) is 7.23. The lowest BCUT2D eigenvalue weighted by molar-refractivity contribution is 0.0689. The fourth-order valence-corrected chi connectivity index (χ4v) is 4.03. The van der Waals surface area contributed by atoms with Crippen LogP contribution in [0.15, 0.2) is 23.1 Å². The zero-order chi connectivity index (χ0) is 17.9. The van der Waals surface area contributed by atoms with Gasteiger partial charge >= 0.3 is 0 Å².